The zero-order valence-electron chi connectivity index (χ0n) is 17.5. The Labute approximate surface area is 184 Å². The van der Waals surface area contributed by atoms with Crippen LogP contribution in [0.2, 0.25) is 0 Å². The van der Waals surface area contributed by atoms with Crippen molar-refractivity contribution in [3.05, 3.63) is 75.1 Å². The number of hydrogen-bond acceptors (Lipinski definition) is 6. The van der Waals surface area contributed by atoms with E-state index in [0.717, 1.165) is 11.1 Å². The molecule has 0 spiro atoms. The Bertz CT molecular complexity index is 1170. The second-order valence-electron chi connectivity index (χ2n) is 7.32. The molecule has 2 heterocycles. The van der Waals surface area contributed by atoms with Crippen LogP contribution in [0.15, 0.2) is 52.4 Å². The largest absolute Gasteiger partial charge is 0.497 e. The molecule has 0 aliphatic carbocycles. The molecule has 0 bridgehead atoms. The van der Waals surface area contributed by atoms with E-state index >= 15 is 0 Å². The van der Waals surface area contributed by atoms with E-state index in [1.807, 2.05) is 37.3 Å². The van der Waals surface area contributed by atoms with Crippen LogP contribution in [0.3, 0.4) is 0 Å². The van der Waals surface area contributed by atoms with Gasteiger partial charge in [-0.25, -0.2) is 4.98 Å². The number of methoxy groups -OCH3 is 2. The number of carbonyl (C=O) groups is 1. The van der Waals surface area contributed by atoms with Gasteiger partial charge < -0.3 is 19.8 Å². The van der Waals surface area contributed by atoms with Gasteiger partial charge in [-0.15, -0.1) is 0 Å². The van der Waals surface area contributed by atoms with Crippen molar-refractivity contribution in [1.29, 1.82) is 0 Å². The minimum absolute atomic E-state index is 0.135. The first kappa shape index (κ1) is 21.0. The van der Waals surface area contributed by atoms with E-state index in [4.69, 9.17) is 9.47 Å². The highest BCUT2D eigenvalue weighted by molar-refractivity contribution is 7.98. The fraction of sp³-hybridized carbons (Fsp3) is 0.261. The summed E-state index contributed by atoms with van der Waals surface area (Å²) >= 11 is 1.42. The molecule has 3 aromatic rings. The Morgan fingerprint density at radius 1 is 1.10 bits per heavy atom. The van der Waals surface area contributed by atoms with Gasteiger partial charge >= 0.3 is 0 Å². The number of nitrogens with one attached hydrogen (secondary N) is 2. The molecule has 2 aromatic carbocycles. The lowest BCUT2D eigenvalue weighted by Gasteiger charge is -2.26. The number of benzene rings is 2. The van der Waals surface area contributed by atoms with Gasteiger partial charge in [-0.1, -0.05) is 47.7 Å². The smallest absolute Gasteiger partial charge is 0.257 e. The molecule has 1 atom stereocenters. The Morgan fingerprint density at radius 3 is 2.58 bits per heavy atom. The number of aromatic amines is 1. The van der Waals surface area contributed by atoms with E-state index in [2.05, 4.69) is 15.3 Å². The number of aryl methyl sites for hydroxylation is 1. The van der Waals surface area contributed by atoms with Gasteiger partial charge in [0.2, 0.25) is 5.91 Å². The van der Waals surface area contributed by atoms with Crippen LogP contribution in [0.5, 0.6) is 11.5 Å². The van der Waals surface area contributed by atoms with Crippen molar-refractivity contribution >= 4 is 23.5 Å². The first-order valence-electron chi connectivity index (χ1n) is 9.83. The first-order valence-corrected chi connectivity index (χ1v) is 10.8. The molecule has 2 N–H and O–H groups in total. The van der Waals surface area contributed by atoms with Crippen LogP contribution >= 0.6 is 11.8 Å². The standard InChI is InChI=1S/C23H23N3O4S/c1-13-4-6-14(7-5-13)12-31-23-25-21-20(22(28)26-23)17(11-19(27)24-21)16-9-8-15(29-2)10-18(16)30-3/h4-10,17H,11-12H2,1-3H3,(H2,24,25,26,27,28)/t17-/m1/s1. The normalized spacial score (nSPS) is 15.2. The fourth-order valence-corrected chi connectivity index (χ4v) is 4.44. The molecule has 160 valence electrons. The van der Waals surface area contributed by atoms with Crippen molar-refractivity contribution in [2.45, 2.75) is 30.2 Å². The Morgan fingerprint density at radius 2 is 1.87 bits per heavy atom. The van der Waals surface area contributed by atoms with Gasteiger partial charge in [-0.05, 0) is 18.6 Å². The lowest BCUT2D eigenvalue weighted by atomic mass is 9.86. The molecule has 0 radical (unpaired) electrons. The van der Waals surface area contributed by atoms with Crippen LogP contribution in [-0.2, 0) is 10.5 Å². The highest BCUT2D eigenvalue weighted by Gasteiger charge is 2.32. The van der Waals surface area contributed by atoms with Gasteiger partial charge in [-0.3, -0.25) is 9.59 Å². The molecular formula is C23H23N3O4S. The third-order valence-electron chi connectivity index (χ3n) is 5.24. The van der Waals surface area contributed by atoms with Crippen molar-refractivity contribution in [3.8, 4) is 11.5 Å². The SMILES string of the molecule is COc1ccc([C@H]2CC(=O)Nc3nc(SCc4ccc(C)cc4)[nH]c(=O)c32)c(OC)c1. The van der Waals surface area contributed by atoms with Crippen LogP contribution < -0.4 is 20.3 Å². The van der Waals surface area contributed by atoms with Gasteiger partial charge in [0.05, 0.1) is 19.8 Å². The first-order chi connectivity index (χ1) is 15.0. The number of ether oxygens (including phenoxy) is 2. The van der Waals surface area contributed by atoms with E-state index in [0.29, 0.717) is 33.8 Å². The number of carbonyl (C=O) groups excluding carboxylic acids is 1. The summed E-state index contributed by atoms with van der Waals surface area (Å²) in [6, 6.07) is 13.5. The molecule has 0 fully saturated rings. The Hall–Kier alpha value is -3.26. The van der Waals surface area contributed by atoms with Gasteiger partial charge in [0.25, 0.3) is 5.56 Å². The Kier molecular flexibility index (Phi) is 5.99. The van der Waals surface area contributed by atoms with E-state index in [1.54, 1.807) is 26.4 Å². The van der Waals surface area contributed by atoms with Crippen LogP contribution in [0.1, 0.15) is 34.6 Å². The summed E-state index contributed by atoms with van der Waals surface area (Å²) in [7, 11) is 3.12. The van der Waals surface area contributed by atoms with E-state index in [1.165, 1.54) is 17.3 Å². The van der Waals surface area contributed by atoms with Gasteiger partial charge in [0.1, 0.15) is 17.3 Å². The minimum atomic E-state index is -0.461. The fourth-order valence-electron chi connectivity index (χ4n) is 3.63. The Balaban J connectivity index is 1.67. The number of amides is 1. The maximum atomic E-state index is 13.0. The topological polar surface area (TPSA) is 93.3 Å². The number of hydrogen-bond donors (Lipinski definition) is 2. The molecule has 7 nitrogen and oxygen atoms in total. The summed E-state index contributed by atoms with van der Waals surface area (Å²) in [6.07, 6.45) is 0.135. The van der Waals surface area contributed by atoms with Gasteiger partial charge in [0.15, 0.2) is 5.16 Å². The van der Waals surface area contributed by atoms with Crippen LogP contribution in [0.4, 0.5) is 5.82 Å². The third-order valence-corrected chi connectivity index (χ3v) is 6.19. The molecule has 4 rings (SSSR count). The second-order valence-corrected chi connectivity index (χ2v) is 8.28. The van der Waals surface area contributed by atoms with Crippen LogP contribution in [0.25, 0.3) is 0 Å². The quantitative estimate of drug-likeness (QED) is 0.449. The van der Waals surface area contributed by atoms with Crippen LogP contribution in [-0.4, -0.2) is 30.1 Å². The number of anilines is 1. The molecule has 1 aliphatic heterocycles. The summed E-state index contributed by atoms with van der Waals surface area (Å²) in [5, 5.41) is 3.22. The third kappa shape index (κ3) is 4.44. The highest BCUT2D eigenvalue weighted by atomic mass is 32.2. The number of nitrogens with zero attached hydrogens (tertiary/aromatic N) is 1. The summed E-state index contributed by atoms with van der Waals surface area (Å²) < 4.78 is 10.8. The number of aromatic nitrogens is 2. The maximum Gasteiger partial charge on any atom is 0.257 e. The lowest BCUT2D eigenvalue weighted by molar-refractivity contribution is -0.116. The van der Waals surface area contributed by atoms with Crippen molar-refractivity contribution < 1.29 is 14.3 Å². The molecular weight excluding hydrogens is 414 g/mol. The average molecular weight is 438 g/mol. The molecule has 8 heteroatoms. The summed E-state index contributed by atoms with van der Waals surface area (Å²) in [5.74, 6) is 1.50. The average Bonchev–Trinajstić information content (AvgIpc) is 2.77. The van der Waals surface area contributed by atoms with Gasteiger partial charge in [-0.2, -0.15) is 0 Å². The number of H-pyrrole nitrogens is 1. The number of rotatable bonds is 6. The zero-order valence-corrected chi connectivity index (χ0v) is 18.3. The van der Waals surface area contributed by atoms with Crippen molar-refractivity contribution in [2.75, 3.05) is 19.5 Å². The summed E-state index contributed by atoms with van der Waals surface area (Å²) in [4.78, 5) is 32.9. The molecule has 31 heavy (non-hydrogen) atoms. The predicted octanol–water partition coefficient (Wildman–Crippen LogP) is 3.86. The van der Waals surface area contributed by atoms with Crippen molar-refractivity contribution in [3.63, 3.8) is 0 Å². The number of thioether (sulfide) groups is 1. The molecule has 1 aliphatic rings. The highest BCUT2D eigenvalue weighted by Crippen LogP contribution is 2.40. The van der Waals surface area contributed by atoms with E-state index < -0.39 is 5.92 Å². The van der Waals surface area contributed by atoms with Crippen molar-refractivity contribution in [2.24, 2.45) is 0 Å². The minimum Gasteiger partial charge on any atom is -0.497 e. The zero-order chi connectivity index (χ0) is 22.0. The molecule has 1 amide bonds. The number of fused-ring (bicyclic) bond motifs is 1. The summed E-state index contributed by atoms with van der Waals surface area (Å²) in [6.45, 7) is 2.04. The molecule has 0 saturated heterocycles. The van der Waals surface area contributed by atoms with Gasteiger partial charge in [0, 0.05) is 29.7 Å². The molecule has 0 unspecified atom stereocenters. The van der Waals surface area contributed by atoms with E-state index in [9.17, 15) is 9.59 Å². The molecule has 1 aromatic heterocycles. The van der Waals surface area contributed by atoms with E-state index in [-0.39, 0.29) is 17.9 Å². The monoisotopic (exact) mass is 437 g/mol. The van der Waals surface area contributed by atoms with Crippen LogP contribution in [0, 0.1) is 6.92 Å². The van der Waals surface area contributed by atoms with Crippen molar-refractivity contribution in [1.82, 2.24) is 9.97 Å². The predicted molar refractivity (Wildman–Crippen MR) is 120 cm³/mol. The summed E-state index contributed by atoms with van der Waals surface area (Å²) in [5.41, 5.74) is 3.23. The molecule has 0 saturated carbocycles. The lowest BCUT2D eigenvalue weighted by Crippen LogP contribution is -2.31. The second kappa shape index (κ2) is 8.85. The maximum absolute atomic E-state index is 13.0.